The lowest BCUT2D eigenvalue weighted by molar-refractivity contribution is 0.0729. The number of aromatic nitrogens is 2. The highest BCUT2D eigenvalue weighted by atomic mass is 16.2. The van der Waals surface area contributed by atoms with Gasteiger partial charge in [-0.05, 0) is 38.4 Å². The molecule has 136 valence electrons. The largest absolute Gasteiger partial charge is 0.373 e. The number of nitrogens with one attached hydrogen (secondary N) is 1. The summed E-state index contributed by atoms with van der Waals surface area (Å²) >= 11 is 0. The Balaban J connectivity index is 1.68. The van der Waals surface area contributed by atoms with Crippen molar-refractivity contribution in [3.63, 3.8) is 0 Å². The molecule has 6 heteroatoms. The summed E-state index contributed by atoms with van der Waals surface area (Å²) in [6.45, 7) is 2.61. The summed E-state index contributed by atoms with van der Waals surface area (Å²) in [5, 5.41) is 3.24. The molecule has 1 aromatic carbocycles. The van der Waals surface area contributed by atoms with Crippen LogP contribution in [0.1, 0.15) is 46.3 Å². The Morgan fingerprint density at radius 1 is 1.19 bits per heavy atom. The van der Waals surface area contributed by atoms with Crippen molar-refractivity contribution in [3.05, 3.63) is 53.0 Å². The van der Waals surface area contributed by atoms with Crippen molar-refractivity contribution >= 4 is 11.7 Å². The number of likely N-dealkylation sites (tertiary alicyclic amines) is 1. The lowest BCUT2D eigenvalue weighted by atomic mass is 10.0. The lowest BCUT2D eigenvalue weighted by Gasteiger charge is -2.28. The predicted molar refractivity (Wildman–Crippen MR) is 101 cm³/mol. The molecule has 2 aliphatic rings. The fourth-order valence-corrected chi connectivity index (χ4v) is 3.96. The summed E-state index contributed by atoms with van der Waals surface area (Å²) < 4.78 is 0. The van der Waals surface area contributed by atoms with Crippen LogP contribution >= 0.6 is 0 Å². The highest BCUT2D eigenvalue weighted by molar-refractivity contribution is 5.94. The fraction of sp³-hybridized carbons (Fsp3) is 0.450. The van der Waals surface area contributed by atoms with Gasteiger partial charge in [-0.15, -0.1) is 0 Å². The molecule has 0 saturated carbocycles. The summed E-state index contributed by atoms with van der Waals surface area (Å²) in [6, 6.07) is 9.44. The molecule has 1 unspecified atom stereocenters. The first-order valence-corrected chi connectivity index (χ1v) is 9.29. The maximum atomic E-state index is 13.0. The Bertz CT molecular complexity index is 807. The molecule has 1 N–H and O–H groups in total. The number of benzene rings is 1. The summed E-state index contributed by atoms with van der Waals surface area (Å²) in [5.74, 6) is 1.75. The second-order valence-corrected chi connectivity index (χ2v) is 7.12. The normalized spacial score (nSPS) is 20.1. The number of hydrogen-bond donors (Lipinski definition) is 1. The van der Waals surface area contributed by atoms with Gasteiger partial charge in [-0.2, -0.15) is 0 Å². The maximum Gasteiger partial charge on any atom is 0.254 e. The molecule has 1 saturated heterocycles. The molecule has 6 nitrogen and oxygen atoms in total. The van der Waals surface area contributed by atoms with Gasteiger partial charge in [0.05, 0.1) is 11.7 Å². The highest BCUT2D eigenvalue weighted by Gasteiger charge is 2.34. The van der Waals surface area contributed by atoms with Crippen LogP contribution in [0.15, 0.2) is 30.3 Å². The average Bonchev–Trinajstić information content (AvgIpc) is 3.16. The van der Waals surface area contributed by atoms with Gasteiger partial charge < -0.3 is 15.1 Å². The summed E-state index contributed by atoms with van der Waals surface area (Å²) in [5.41, 5.74) is 3.03. The van der Waals surface area contributed by atoms with Crippen molar-refractivity contribution in [3.8, 4) is 0 Å². The number of carbonyl (C=O) groups is 1. The Labute approximate surface area is 154 Å². The molecule has 26 heavy (non-hydrogen) atoms. The number of likely N-dealkylation sites (N-methyl/N-ethyl adjacent to an activating group) is 1. The zero-order valence-electron chi connectivity index (χ0n) is 15.4. The van der Waals surface area contributed by atoms with E-state index in [1.165, 1.54) is 5.56 Å². The van der Waals surface area contributed by atoms with Gasteiger partial charge in [-0.3, -0.25) is 4.79 Å². The Morgan fingerprint density at radius 3 is 2.77 bits per heavy atom. The van der Waals surface area contributed by atoms with Crippen LogP contribution in [0, 0.1) is 0 Å². The molecule has 1 atom stereocenters. The van der Waals surface area contributed by atoms with Gasteiger partial charge in [0.25, 0.3) is 5.91 Å². The van der Waals surface area contributed by atoms with Crippen molar-refractivity contribution in [2.24, 2.45) is 0 Å². The first-order chi connectivity index (χ1) is 12.7. The van der Waals surface area contributed by atoms with Gasteiger partial charge in [0.2, 0.25) is 0 Å². The summed E-state index contributed by atoms with van der Waals surface area (Å²) in [6.07, 6.45) is 2.86. The van der Waals surface area contributed by atoms with Gasteiger partial charge in [0.1, 0.15) is 5.82 Å². The zero-order valence-corrected chi connectivity index (χ0v) is 15.4. The van der Waals surface area contributed by atoms with Gasteiger partial charge in [-0.1, -0.05) is 18.2 Å². The van der Waals surface area contributed by atoms with Gasteiger partial charge >= 0.3 is 0 Å². The number of carbonyl (C=O) groups excluding carboxylic acids is 1. The number of nitrogens with zero attached hydrogens (tertiary/aromatic N) is 4. The molecule has 0 spiro atoms. The molecule has 2 aliphatic heterocycles. The van der Waals surface area contributed by atoms with Crippen LogP contribution < -0.4 is 5.32 Å². The number of fused-ring (bicyclic) bond motifs is 1. The van der Waals surface area contributed by atoms with E-state index in [1.807, 2.05) is 42.3 Å². The molecule has 4 rings (SSSR count). The SMILES string of the molecule is CNc1nc(C2CCCN2C(=O)c2ccccc2)nc2c1CCN(C)C2. The van der Waals surface area contributed by atoms with Crippen LogP contribution in [0.2, 0.25) is 0 Å². The van der Waals surface area contributed by atoms with E-state index in [0.717, 1.165) is 61.8 Å². The minimum Gasteiger partial charge on any atom is -0.373 e. The van der Waals surface area contributed by atoms with E-state index in [2.05, 4.69) is 17.3 Å². The quantitative estimate of drug-likeness (QED) is 0.921. The van der Waals surface area contributed by atoms with E-state index in [4.69, 9.17) is 9.97 Å². The van der Waals surface area contributed by atoms with Crippen molar-refractivity contribution in [2.45, 2.75) is 31.8 Å². The molecule has 0 aliphatic carbocycles. The van der Waals surface area contributed by atoms with E-state index in [1.54, 1.807) is 0 Å². The third kappa shape index (κ3) is 3.05. The number of amides is 1. The Kier molecular flexibility index (Phi) is 4.59. The molecule has 2 aromatic rings. The first kappa shape index (κ1) is 17.0. The van der Waals surface area contributed by atoms with E-state index in [0.29, 0.717) is 0 Å². The first-order valence-electron chi connectivity index (χ1n) is 9.29. The smallest absolute Gasteiger partial charge is 0.254 e. The molecule has 3 heterocycles. The fourth-order valence-electron chi connectivity index (χ4n) is 3.96. The zero-order chi connectivity index (χ0) is 18.1. The summed E-state index contributed by atoms with van der Waals surface area (Å²) in [7, 11) is 4.02. The molecule has 0 radical (unpaired) electrons. The topological polar surface area (TPSA) is 61.4 Å². The Hall–Kier alpha value is -2.47. The van der Waals surface area contributed by atoms with Crippen LogP contribution in [0.25, 0.3) is 0 Å². The van der Waals surface area contributed by atoms with Gasteiger partial charge in [0, 0.05) is 37.8 Å². The second-order valence-electron chi connectivity index (χ2n) is 7.12. The van der Waals surface area contributed by atoms with E-state index < -0.39 is 0 Å². The van der Waals surface area contributed by atoms with Crippen LogP contribution in [-0.4, -0.2) is 52.9 Å². The molecule has 1 amide bonds. The van der Waals surface area contributed by atoms with E-state index in [9.17, 15) is 4.79 Å². The van der Waals surface area contributed by atoms with Gasteiger partial charge in [0.15, 0.2) is 5.82 Å². The highest BCUT2D eigenvalue weighted by Crippen LogP contribution is 2.33. The van der Waals surface area contributed by atoms with Gasteiger partial charge in [-0.25, -0.2) is 9.97 Å². The van der Waals surface area contributed by atoms with Crippen LogP contribution in [0.5, 0.6) is 0 Å². The third-order valence-corrected chi connectivity index (χ3v) is 5.34. The molecule has 1 aromatic heterocycles. The van der Waals surface area contributed by atoms with Crippen LogP contribution in [-0.2, 0) is 13.0 Å². The standard InChI is InChI=1S/C20H25N5O/c1-21-18-15-10-12-24(2)13-16(15)22-19(23-18)17-9-6-11-25(17)20(26)14-7-4-3-5-8-14/h3-5,7-8,17H,6,9-13H2,1-2H3,(H,21,22,23). The molecular formula is C20H25N5O. The molecular weight excluding hydrogens is 326 g/mol. The van der Waals surface area contributed by atoms with E-state index in [-0.39, 0.29) is 11.9 Å². The summed E-state index contributed by atoms with van der Waals surface area (Å²) in [4.78, 5) is 26.9. The average molecular weight is 351 g/mol. The minimum absolute atomic E-state index is 0.0488. The van der Waals surface area contributed by atoms with Crippen molar-refractivity contribution in [2.75, 3.05) is 32.5 Å². The van der Waals surface area contributed by atoms with E-state index >= 15 is 0 Å². The maximum absolute atomic E-state index is 13.0. The van der Waals surface area contributed by atoms with Crippen LogP contribution in [0.4, 0.5) is 5.82 Å². The minimum atomic E-state index is -0.0488. The van der Waals surface area contributed by atoms with Crippen molar-refractivity contribution < 1.29 is 4.79 Å². The third-order valence-electron chi connectivity index (χ3n) is 5.34. The number of anilines is 1. The predicted octanol–water partition coefficient (Wildman–Crippen LogP) is 2.48. The van der Waals surface area contributed by atoms with Crippen LogP contribution in [0.3, 0.4) is 0 Å². The number of hydrogen-bond acceptors (Lipinski definition) is 5. The van der Waals surface area contributed by atoms with Crippen molar-refractivity contribution in [1.29, 1.82) is 0 Å². The monoisotopic (exact) mass is 351 g/mol. The lowest BCUT2D eigenvalue weighted by Crippen LogP contribution is -2.33. The Morgan fingerprint density at radius 2 is 2.00 bits per heavy atom. The second kappa shape index (κ2) is 7.03. The molecule has 0 bridgehead atoms. The molecule has 1 fully saturated rings. The van der Waals surface area contributed by atoms with Crippen molar-refractivity contribution in [1.82, 2.24) is 19.8 Å². The number of rotatable bonds is 3.